The highest BCUT2D eigenvalue weighted by atomic mass is 19.4. The molecule has 0 bridgehead atoms. The number of hydrogen-bond acceptors (Lipinski definition) is 5. The van der Waals surface area contributed by atoms with Gasteiger partial charge in [-0.2, -0.15) is 18.2 Å². The first-order valence-electron chi connectivity index (χ1n) is 7.57. The topological polar surface area (TPSA) is 65.2 Å². The van der Waals surface area contributed by atoms with Crippen LogP contribution in [-0.4, -0.2) is 22.5 Å². The minimum atomic E-state index is -4.70. The SMILES string of the molecule is Cc1ccc(OCC(=O)c2ccc(-c3noc(C(F)(F)F)n3)cc2)cc1. The van der Waals surface area contributed by atoms with E-state index >= 15 is 0 Å². The fraction of sp³-hybridized carbons (Fsp3) is 0.167. The van der Waals surface area contributed by atoms with Crippen LogP contribution >= 0.6 is 0 Å². The Kier molecular flexibility index (Phi) is 4.75. The lowest BCUT2D eigenvalue weighted by atomic mass is 10.1. The van der Waals surface area contributed by atoms with Crippen LogP contribution in [0.2, 0.25) is 0 Å². The monoisotopic (exact) mass is 362 g/mol. The van der Waals surface area contributed by atoms with Crippen LogP contribution < -0.4 is 4.74 Å². The molecule has 134 valence electrons. The molecule has 5 nitrogen and oxygen atoms in total. The van der Waals surface area contributed by atoms with E-state index in [0.717, 1.165) is 5.56 Å². The molecule has 3 rings (SSSR count). The maximum atomic E-state index is 12.5. The number of hydrogen-bond donors (Lipinski definition) is 0. The van der Waals surface area contributed by atoms with Crippen LogP contribution in [0, 0.1) is 6.92 Å². The molecule has 0 aliphatic rings. The van der Waals surface area contributed by atoms with E-state index in [2.05, 4.69) is 14.7 Å². The number of ketones is 1. The summed E-state index contributed by atoms with van der Waals surface area (Å²) in [5.74, 6) is -1.31. The van der Waals surface area contributed by atoms with E-state index in [1.54, 1.807) is 12.1 Å². The van der Waals surface area contributed by atoms with E-state index in [4.69, 9.17) is 4.74 Å². The molecule has 1 heterocycles. The molecule has 1 aromatic heterocycles. The lowest BCUT2D eigenvalue weighted by molar-refractivity contribution is -0.159. The van der Waals surface area contributed by atoms with E-state index in [0.29, 0.717) is 16.9 Å². The third kappa shape index (κ3) is 4.08. The summed E-state index contributed by atoms with van der Waals surface area (Å²) in [7, 11) is 0. The molecule has 0 N–H and O–H groups in total. The molecule has 0 unspecified atom stereocenters. The van der Waals surface area contributed by atoms with Gasteiger partial charge in [-0.15, -0.1) is 0 Å². The van der Waals surface area contributed by atoms with Crippen molar-refractivity contribution in [3.05, 3.63) is 65.5 Å². The number of ether oxygens (including phenoxy) is 1. The zero-order chi connectivity index (χ0) is 18.7. The van der Waals surface area contributed by atoms with Gasteiger partial charge in [0, 0.05) is 11.1 Å². The van der Waals surface area contributed by atoms with Crippen LogP contribution in [0.3, 0.4) is 0 Å². The zero-order valence-corrected chi connectivity index (χ0v) is 13.6. The van der Waals surface area contributed by atoms with Crippen LogP contribution in [0.15, 0.2) is 53.1 Å². The van der Waals surface area contributed by atoms with Gasteiger partial charge < -0.3 is 9.26 Å². The lowest BCUT2D eigenvalue weighted by Gasteiger charge is -2.06. The van der Waals surface area contributed by atoms with E-state index in [9.17, 15) is 18.0 Å². The average molecular weight is 362 g/mol. The second-order valence-corrected chi connectivity index (χ2v) is 5.52. The van der Waals surface area contributed by atoms with Gasteiger partial charge in [0.1, 0.15) is 5.75 Å². The van der Waals surface area contributed by atoms with Crippen LogP contribution in [0.5, 0.6) is 5.75 Å². The standard InChI is InChI=1S/C18H13F3N2O3/c1-11-2-8-14(9-3-11)25-10-15(24)12-4-6-13(7-5-12)16-22-17(26-23-16)18(19,20)21/h2-9H,10H2,1H3. The minimum Gasteiger partial charge on any atom is -0.485 e. The summed E-state index contributed by atoms with van der Waals surface area (Å²) >= 11 is 0. The molecule has 8 heteroatoms. The van der Waals surface area contributed by atoms with Crippen molar-refractivity contribution in [3.8, 4) is 17.1 Å². The normalized spacial score (nSPS) is 11.4. The number of carbonyl (C=O) groups is 1. The third-order valence-corrected chi connectivity index (χ3v) is 3.52. The van der Waals surface area contributed by atoms with E-state index in [-0.39, 0.29) is 18.2 Å². The highest BCUT2D eigenvalue weighted by Crippen LogP contribution is 2.29. The van der Waals surface area contributed by atoms with Crippen LogP contribution in [-0.2, 0) is 6.18 Å². The Labute approximate surface area is 146 Å². The fourth-order valence-electron chi connectivity index (χ4n) is 2.13. The Morgan fingerprint density at radius 3 is 2.31 bits per heavy atom. The Bertz CT molecular complexity index is 901. The molecule has 0 atom stereocenters. The number of aromatic nitrogens is 2. The number of halogens is 3. The van der Waals surface area contributed by atoms with Gasteiger partial charge in [-0.1, -0.05) is 47.1 Å². The Morgan fingerprint density at radius 2 is 1.73 bits per heavy atom. The van der Waals surface area contributed by atoms with Gasteiger partial charge in [-0.25, -0.2) is 0 Å². The predicted octanol–water partition coefficient (Wildman–Crippen LogP) is 4.33. The van der Waals surface area contributed by atoms with Crippen molar-refractivity contribution in [2.45, 2.75) is 13.1 Å². The van der Waals surface area contributed by atoms with Crippen molar-refractivity contribution in [2.75, 3.05) is 6.61 Å². The second-order valence-electron chi connectivity index (χ2n) is 5.52. The van der Waals surface area contributed by atoms with Crippen molar-refractivity contribution in [1.29, 1.82) is 0 Å². The number of aryl methyl sites for hydroxylation is 1. The molecule has 0 aliphatic carbocycles. The lowest BCUT2D eigenvalue weighted by Crippen LogP contribution is -2.11. The van der Waals surface area contributed by atoms with Gasteiger partial charge in [-0.05, 0) is 19.1 Å². The first-order valence-corrected chi connectivity index (χ1v) is 7.57. The summed E-state index contributed by atoms with van der Waals surface area (Å²) in [6, 6.07) is 13.1. The van der Waals surface area contributed by atoms with Crippen molar-refractivity contribution >= 4 is 5.78 Å². The molecule has 0 amide bonds. The molecule has 0 saturated carbocycles. The largest absolute Gasteiger partial charge is 0.485 e. The molecule has 0 spiro atoms. The Morgan fingerprint density at radius 1 is 1.08 bits per heavy atom. The minimum absolute atomic E-state index is 0.150. The van der Waals surface area contributed by atoms with E-state index in [1.165, 1.54) is 24.3 Å². The van der Waals surface area contributed by atoms with Crippen LogP contribution in [0.25, 0.3) is 11.4 Å². The smallest absolute Gasteiger partial charge is 0.471 e. The van der Waals surface area contributed by atoms with Gasteiger partial charge in [-0.3, -0.25) is 4.79 Å². The third-order valence-electron chi connectivity index (χ3n) is 3.52. The fourth-order valence-corrected chi connectivity index (χ4v) is 2.13. The van der Waals surface area contributed by atoms with Crippen LogP contribution in [0.4, 0.5) is 13.2 Å². The number of rotatable bonds is 5. The maximum absolute atomic E-state index is 12.5. The first-order chi connectivity index (χ1) is 12.3. The maximum Gasteiger partial charge on any atom is 0.471 e. The molecule has 0 radical (unpaired) electrons. The number of benzene rings is 2. The molecular formula is C18H13F3N2O3. The average Bonchev–Trinajstić information content (AvgIpc) is 3.12. The zero-order valence-electron chi connectivity index (χ0n) is 13.6. The van der Waals surface area contributed by atoms with Crippen molar-refractivity contribution in [2.24, 2.45) is 0 Å². The molecule has 0 saturated heterocycles. The number of alkyl halides is 3. The Hall–Kier alpha value is -3.16. The van der Waals surface area contributed by atoms with Crippen molar-refractivity contribution in [1.82, 2.24) is 10.1 Å². The van der Waals surface area contributed by atoms with E-state index < -0.39 is 12.1 Å². The van der Waals surface area contributed by atoms with Crippen LogP contribution in [0.1, 0.15) is 21.8 Å². The molecule has 26 heavy (non-hydrogen) atoms. The molecule has 3 aromatic rings. The van der Waals surface area contributed by atoms with Gasteiger partial charge in [0.2, 0.25) is 5.82 Å². The van der Waals surface area contributed by atoms with Gasteiger partial charge in [0.05, 0.1) is 0 Å². The van der Waals surface area contributed by atoms with Crippen molar-refractivity contribution < 1.29 is 27.2 Å². The Balaban J connectivity index is 1.66. The van der Waals surface area contributed by atoms with Gasteiger partial charge >= 0.3 is 12.1 Å². The summed E-state index contributed by atoms with van der Waals surface area (Å²) in [5.41, 5.74) is 1.75. The first kappa shape index (κ1) is 17.7. The van der Waals surface area contributed by atoms with Gasteiger partial charge in [0.25, 0.3) is 0 Å². The number of carbonyl (C=O) groups excluding carboxylic acids is 1. The van der Waals surface area contributed by atoms with Crippen molar-refractivity contribution in [3.63, 3.8) is 0 Å². The number of nitrogens with zero attached hydrogens (tertiary/aromatic N) is 2. The quantitative estimate of drug-likeness (QED) is 0.632. The predicted molar refractivity (Wildman–Crippen MR) is 85.7 cm³/mol. The second kappa shape index (κ2) is 6.99. The highest BCUT2D eigenvalue weighted by molar-refractivity contribution is 5.97. The highest BCUT2D eigenvalue weighted by Gasteiger charge is 2.38. The molecule has 2 aromatic carbocycles. The molecule has 0 fully saturated rings. The van der Waals surface area contributed by atoms with Gasteiger partial charge in [0.15, 0.2) is 12.4 Å². The summed E-state index contributed by atoms with van der Waals surface area (Å²) in [6.45, 7) is 1.79. The van der Waals surface area contributed by atoms with E-state index in [1.807, 2.05) is 19.1 Å². The molecule has 0 aliphatic heterocycles. The summed E-state index contributed by atoms with van der Waals surface area (Å²) in [5, 5.41) is 3.29. The molecular weight excluding hydrogens is 349 g/mol. The summed E-state index contributed by atoms with van der Waals surface area (Å²) in [4.78, 5) is 15.4. The summed E-state index contributed by atoms with van der Waals surface area (Å²) < 4.78 is 47.0. The number of Topliss-reactive ketones (excluding diaryl/α,β-unsaturated/α-hetero) is 1. The summed E-state index contributed by atoms with van der Waals surface area (Å²) in [6.07, 6.45) is -4.70.